The van der Waals surface area contributed by atoms with E-state index in [1.54, 1.807) is 11.8 Å². The van der Waals surface area contributed by atoms with Crippen molar-refractivity contribution in [2.24, 2.45) is 11.8 Å². The van der Waals surface area contributed by atoms with E-state index in [4.69, 9.17) is 14.2 Å². The summed E-state index contributed by atoms with van der Waals surface area (Å²) in [6.07, 6.45) is 0.0345. The maximum atomic E-state index is 6.63. The van der Waals surface area contributed by atoms with Crippen LogP contribution in [0.1, 0.15) is 25.0 Å². The summed E-state index contributed by atoms with van der Waals surface area (Å²) in [6.45, 7) is 6.31. The van der Waals surface area contributed by atoms with Gasteiger partial charge in [-0.05, 0) is 35.1 Å². The third-order valence-corrected chi connectivity index (χ3v) is 7.34. The van der Waals surface area contributed by atoms with Crippen LogP contribution in [-0.2, 0) is 27.4 Å². The van der Waals surface area contributed by atoms with Crippen molar-refractivity contribution in [2.75, 3.05) is 6.61 Å². The molecule has 0 aliphatic carbocycles. The van der Waals surface area contributed by atoms with E-state index < -0.39 is 0 Å². The molecule has 3 unspecified atom stereocenters. The van der Waals surface area contributed by atoms with Gasteiger partial charge in [0.05, 0.1) is 32.0 Å². The molecule has 5 atom stereocenters. The van der Waals surface area contributed by atoms with Gasteiger partial charge in [-0.1, -0.05) is 104 Å². The van der Waals surface area contributed by atoms with Crippen molar-refractivity contribution in [3.05, 3.63) is 102 Å². The van der Waals surface area contributed by atoms with Crippen LogP contribution < -0.4 is 0 Å². The zero-order chi connectivity index (χ0) is 22.2. The van der Waals surface area contributed by atoms with Gasteiger partial charge >= 0.3 is 0 Å². The molecule has 3 nitrogen and oxygen atoms in total. The summed E-state index contributed by atoms with van der Waals surface area (Å²) < 4.78 is 19.2. The van der Waals surface area contributed by atoms with E-state index in [2.05, 4.69) is 74.5 Å². The van der Waals surface area contributed by atoms with E-state index in [0.29, 0.717) is 31.7 Å². The molecule has 0 saturated carbocycles. The molecule has 0 spiro atoms. The first-order valence-electron chi connectivity index (χ1n) is 11.3. The van der Waals surface area contributed by atoms with Gasteiger partial charge in [0, 0.05) is 4.90 Å². The highest BCUT2D eigenvalue weighted by Gasteiger charge is 2.42. The van der Waals surface area contributed by atoms with Gasteiger partial charge < -0.3 is 14.2 Å². The predicted octanol–water partition coefficient (Wildman–Crippen LogP) is 6.58. The summed E-state index contributed by atoms with van der Waals surface area (Å²) in [4.78, 5) is 1.19. The second kappa shape index (κ2) is 11.7. The van der Waals surface area contributed by atoms with Crippen LogP contribution in [0.3, 0.4) is 0 Å². The fraction of sp³-hybridized carbons (Fsp3) is 0.357. The number of benzene rings is 3. The Morgan fingerprint density at radius 2 is 1.28 bits per heavy atom. The summed E-state index contributed by atoms with van der Waals surface area (Å²) in [5.41, 5.74) is 2.28. The van der Waals surface area contributed by atoms with Gasteiger partial charge in [0.2, 0.25) is 0 Å². The molecular weight excluding hydrogens is 416 g/mol. The van der Waals surface area contributed by atoms with Crippen LogP contribution in [0, 0.1) is 11.8 Å². The Kier molecular flexibility index (Phi) is 8.41. The molecule has 0 amide bonds. The molecule has 1 aliphatic heterocycles. The summed E-state index contributed by atoms with van der Waals surface area (Å²) in [5, 5.41) is 0. The van der Waals surface area contributed by atoms with Gasteiger partial charge in [-0.25, -0.2) is 0 Å². The van der Waals surface area contributed by atoms with E-state index >= 15 is 0 Å². The summed E-state index contributed by atoms with van der Waals surface area (Å²) in [5.74, 6) is 0.679. The topological polar surface area (TPSA) is 27.7 Å². The lowest BCUT2D eigenvalue weighted by Gasteiger charge is -2.44. The molecule has 1 fully saturated rings. The summed E-state index contributed by atoms with van der Waals surface area (Å²) >= 11 is 1.74. The van der Waals surface area contributed by atoms with Gasteiger partial charge in [0.1, 0.15) is 5.44 Å². The minimum Gasteiger partial charge on any atom is -0.374 e. The monoisotopic (exact) mass is 448 g/mol. The van der Waals surface area contributed by atoms with Crippen LogP contribution in [0.4, 0.5) is 0 Å². The molecule has 0 radical (unpaired) electrons. The molecule has 1 aliphatic rings. The quantitative estimate of drug-likeness (QED) is 0.370. The normalized spacial score (nSPS) is 25.5. The smallest absolute Gasteiger partial charge is 0.134 e. The molecule has 4 rings (SSSR count). The molecule has 0 N–H and O–H groups in total. The van der Waals surface area contributed by atoms with Crippen LogP contribution in [-0.4, -0.2) is 24.3 Å². The second-order valence-electron chi connectivity index (χ2n) is 8.45. The Balaban J connectivity index is 1.43. The van der Waals surface area contributed by atoms with Gasteiger partial charge in [-0.2, -0.15) is 0 Å². The maximum absolute atomic E-state index is 6.63. The van der Waals surface area contributed by atoms with Crippen LogP contribution in [0.2, 0.25) is 0 Å². The van der Waals surface area contributed by atoms with Crippen molar-refractivity contribution < 1.29 is 14.2 Å². The van der Waals surface area contributed by atoms with E-state index in [1.807, 2.05) is 30.3 Å². The van der Waals surface area contributed by atoms with Crippen molar-refractivity contribution >= 4 is 11.8 Å². The first-order valence-corrected chi connectivity index (χ1v) is 12.2. The van der Waals surface area contributed by atoms with Crippen LogP contribution in [0.15, 0.2) is 95.9 Å². The zero-order valence-corrected chi connectivity index (χ0v) is 19.6. The lowest BCUT2D eigenvalue weighted by Crippen LogP contribution is -2.50. The van der Waals surface area contributed by atoms with Crippen molar-refractivity contribution in [1.29, 1.82) is 0 Å². The Bertz CT molecular complexity index is 917. The lowest BCUT2D eigenvalue weighted by atomic mass is 9.84. The molecular formula is C28H32O3S. The Hall–Kier alpha value is -2.11. The second-order valence-corrected chi connectivity index (χ2v) is 9.63. The van der Waals surface area contributed by atoms with Gasteiger partial charge in [-0.15, -0.1) is 0 Å². The fourth-order valence-corrected chi connectivity index (χ4v) is 5.28. The SMILES string of the molecule is CC1C(COCc2ccccc2)O[C@@H](Sc2ccccc2)C(OCc2ccccc2)[C@H]1C. The molecule has 3 aromatic carbocycles. The number of rotatable bonds is 9. The highest BCUT2D eigenvalue weighted by molar-refractivity contribution is 7.99. The van der Waals surface area contributed by atoms with E-state index in [1.165, 1.54) is 16.0 Å². The van der Waals surface area contributed by atoms with Crippen LogP contribution in [0.25, 0.3) is 0 Å². The van der Waals surface area contributed by atoms with Gasteiger partial charge in [-0.3, -0.25) is 0 Å². The number of thioether (sulfide) groups is 1. The predicted molar refractivity (Wildman–Crippen MR) is 130 cm³/mol. The third kappa shape index (κ3) is 6.23. The molecule has 32 heavy (non-hydrogen) atoms. The van der Waals surface area contributed by atoms with Crippen LogP contribution in [0.5, 0.6) is 0 Å². The molecule has 3 aromatic rings. The first kappa shape index (κ1) is 23.1. The summed E-state index contributed by atoms with van der Waals surface area (Å²) in [7, 11) is 0. The van der Waals surface area contributed by atoms with E-state index in [0.717, 1.165) is 0 Å². The Morgan fingerprint density at radius 1 is 0.719 bits per heavy atom. The average Bonchev–Trinajstić information content (AvgIpc) is 2.84. The van der Waals surface area contributed by atoms with E-state index in [9.17, 15) is 0 Å². The minimum absolute atomic E-state index is 0.000727. The first-order chi connectivity index (χ1) is 15.7. The fourth-order valence-electron chi connectivity index (χ4n) is 4.04. The lowest BCUT2D eigenvalue weighted by molar-refractivity contribution is -0.174. The van der Waals surface area contributed by atoms with Crippen molar-refractivity contribution in [2.45, 2.75) is 49.6 Å². The van der Waals surface area contributed by atoms with Crippen molar-refractivity contribution in [1.82, 2.24) is 0 Å². The highest BCUT2D eigenvalue weighted by Crippen LogP contribution is 2.40. The van der Waals surface area contributed by atoms with Gasteiger partial charge in [0.25, 0.3) is 0 Å². The molecule has 1 saturated heterocycles. The molecule has 168 valence electrons. The Labute approximate surface area is 196 Å². The third-order valence-electron chi connectivity index (χ3n) is 6.19. The Morgan fingerprint density at radius 3 is 1.91 bits per heavy atom. The number of hydrogen-bond donors (Lipinski definition) is 0. The minimum atomic E-state index is -0.0855. The molecule has 4 heteroatoms. The molecule has 1 heterocycles. The largest absolute Gasteiger partial charge is 0.374 e. The van der Waals surface area contributed by atoms with E-state index in [-0.39, 0.29) is 17.6 Å². The highest BCUT2D eigenvalue weighted by atomic mass is 32.2. The standard InChI is InChI=1S/C28H32O3S/c1-21-22(2)27(30-19-24-14-8-4-9-15-24)28(32-25-16-10-5-11-17-25)31-26(21)20-29-18-23-12-6-3-7-13-23/h3-17,21-22,26-28H,18-20H2,1-2H3/t21?,22-,26?,27?,28-/m0/s1. The average molecular weight is 449 g/mol. The number of ether oxygens (including phenoxy) is 3. The molecule has 0 aromatic heterocycles. The molecule has 0 bridgehead atoms. The maximum Gasteiger partial charge on any atom is 0.134 e. The van der Waals surface area contributed by atoms with Crippen LogP contribution >= 0.6 is 11.8 Å². The van der Waals surface area contributed by atoms with Gasteiger partial charge in [0.15, 0.2) is 0 Å². The summed E-state index contributed by atoms with van der Waals surface area (Å²) in [6, 6.07) is 31.1. The van der Waals surface area contributed by atoms with Crippen molar-refractivity contribution in [3.8, 4) is 0 Å². The zero-order valence-electron chi connectivity index (χ0n) is 18.8. The number of hydrogen-bond acceptors (Lipinski definition) is 4. The van der Waals surface area contributed by atoms with Crippen molar-refractivity contribution in [3.63, 3.8) is 0 Å².